The summed E-state index contributed by atoms with van der Waals surface area (Å²) < 4.78 is 0. The molecule has 3 aliphatic rings. The summed E-state index contributed by atoms with van der Waals surface area (Å²) in [6.45, 7) is 3.30. The van der Waals surface area contributed by atoms with Crippen LogP contribution in [-0.2, 0) is 11.2 Å². The number of likely N-dealkylation sites (tertiary alicyclic amines) is 1. The van der Waals surface area contributed by atoms with E-state index in [-0.39, 0.29) is 5.92 Å². The molecule has 2 unspecified atom stereocenters. The number of carbonyl (C=O) groups excluding carboxylic acids is 1. The van der Waals surface area contributed by atoms with Gasteiger partial charge in [-0.15, -0.1) is 0 Å². The third kappa shape index (κ3) is 4.51. The monoisotopic (exact) mass is 420 g/mol. The molecule has 1 aromatic rings. The summed E-state index contributed by atoms with van der Waals surface area (Å²) >= 11 is 5.78. The highest BCUT2D eigenvalue weighted by atomic mass is 32.2. The summed E-state index contributed by atoms with van der Waals surface area (Å²) in [6, 6.07) is 1.10. The zero-order valence-corrected chi connectivity index (χ0v) is 18.5. The van der Waals surface area contributed by atoms with Gasteiger partial charge in [-0.05, 0) is 62.7 Å². The maximum Gasteiger partial charge on any atom is 0.225 e. The van der Waals surface area contributed by atoms with Crippen LogP contribution in [-0.4, -0.2) is 63.7 Å². The van der Waals surface area contributed by atoms with Gasteiger partial charge in [0.1, 0.15) is 0 Å². The van der Waals surface area contributed by atoms with E-state index in [1.54, 1.807) is 0 Å². The van der Waals surface area contributed by atoms with E-state index in [1.807, 2.05) is 18.6 Å². The summed E-state index contributed by atoms with van der Waals surface area (Å²) in [5.41, 5.74) is 1.24. The Kier molecular flexibility index (Phi) is 6.84. The number of aromatic nitrogens is 2. The fraction of sp³-hybridized carbons (Fsp3) is 0.762. The van der Waals surface area contributed by atoms with Crippen LogP contribution in [0.1, 0.15) is 44.1 Å². The summed E-state index contributed by atoms with van der Waals surface area (Å²) in [5.74, 6) is 2.79. The van der Waals surface area contributed by atoms with E-state index in [0.717, 1.165) is 63.4 Å². The van der Waals surface area contributed by atoms with Crippen LogP contribution in [0.5, 0.6) is 0 Å². The number of fused-ring (bicyclic) bond motifs is 2. The van der Waals surface area contributed by atoms with Gasteiger partial charge in [-0.3, -0.25) is 9.69 Å². The second-order valence-corrected chi connectivity index (χ2v) is 9.87. The first kappa shape index (κ1) is 20.5. The molecule has 0 aromatic carbocycles. The minimum absolute atomic E-state index is 0.279. The Bertz CT molecular complexity index is 649. The number of rotatable bonds is 6. The molecule has 2 saturated heterocycles. The van der Waals surface area contributed by atoms with E-state index in [2.05, 4.69) is 22.4 Å². The molecule has 0 radical (unpaired) electrons. The summed E-state index contributed by atoms with van der Waals surface area (Å²) in [4.78, 5) is 26.4. The van der Waals surface area contributed by atoms with Gasteiger partial charge in [0.15, 0.2) is 5.12 Å². The van der Waals surface area contributed by atoms with Crippen LogP contribution >= 0.6 is 24.4 Å². The highest BCUT2D eigenvalue weighted by molar-refractivity contribution is 8.13. The lowest BCUT2D eigenvalue weighted by molar-refractivity contribution is -0.115. The number of anilines is 1. The molecule has 1 saturated carbocycles. The highest BCUT2D eigenvalue weighted by Crippen LogP contribution is 2.34. The van der Waals surface area contributed by atoms with Crippen LogP contribution < -0.4 is 4.90 Å². The molecule has 2 atom stereocenters. The second-order valence-electron chi connectivity index (χ2n) is 8.61. The third-order valence-corrected chi connectivity index (χ3v) is 7.74. The molecule has 5 nitrogen and oxygen atoms in total. The number of carbonyl (C=O) groups is 1. The van der Waals surface area contributed by atoms with Crippen molar-refractivity contribution in [3.05, 3.63) is 18.0 Å². The average Bonchev–Trinajstić information content (AvgIpc) is 2.99. The summed E-state index contributed by atoms with van der Waals surface area (Å²) in [7, 11) is 0. The molecule has 0 spiro atoms. The predicted molar refractivity (Wildman–Crippen MR) is 119 cm³/mol. The number of piperazine rings is 1. The van der Waals surface area contributed by atoms with Crippen LogP contribution in [0, 0.1) is 11.8 Å². The minimum atomic E-state index is 0.279. The Hall–Kier alpha value is -0.790. The standard InChI is InChI=1S/C21H32N4OS2/c1-28-20(26)17-4-2-15(3-5-17)10-16-11-22-21(23-12-16)25-18-6-7-19(25)14-24(13-18)8-9-27/h11-12,15,17-19,27H,2-10,13-14H2,1H3. The molecule has 3 heterocycles. The first-order valence-corrected chi connectivity index (χ1v) is 12.5. The zero-order valence-electron chi connectivity index (χ0n) is 16.8. The van der Waals surface area contributed by atoms with Gasteiger partial charge < -0.3 is 4.90 Å². The second kappa shape index (κ2) is 9.35. The number of nitrogens with zero attached hydrogens (tertiary/aromatic N) is 4. The lowest BCUT2D eigenvalue weighted by Gasteiger charge is -2.41. The first-order valence-electron chi connectivity index (χ1n) is 10.7. The van der Waals surface area contributed by atoms with Gasteiger partial charge in [0, 0.05) is 55.8 Å². The van der Waals surface area contributed by atoms with Gasteiger partial charge in [-0.2, -0.15) is 12.6 Å². The maximum atomic E-state index is 11.9. The molecule has 1 aliphatic carbocycles. The van der Waals surface area contributed by atoms with Crippen molar-refractivity contribution in [3.63, 3.8) is 0 Å². The number of thioether (sulfide) groups is 1. The average molecular weight is 421 g/mol. The van der Waals surface area contributed by atoms with Crippen molar-refractivity contribution in [2.24, 2.45) is 11.8 Å². The van der Waals surface area contributed by atoms with Crippen molar-refractivity contribution in [3.8, 4) is 0 Å². The van der Waals surface area contributed by atoms with Crippen molar-refractivity contribution in [1.29, 1.82) is 0 Å². The van der Waals surface area contributed by atoms with E-state index in [0.29, 0.717) is 23.1 Å². The maximum absolute atomic E-state index is 11.9. The van der Waals surface area contributed by atoms with E-state index in [4.69, 9.17) is 9.97 Å². The Morgan fingerprint density at radius 3 is 2.32 bits per heavy atom. The molecular weight excluding hydrogens is 388 g/mol. The van der Waals surface area contributed by atoms with Crippen molar-refractivity contribution in [2.75, 3.05) is 36.5 Å². The lowest BCUT2D eigenvalue weighted by atomic mass is 9.80. The molecule has 154 valence electrons. The first-order chi connectivity index (χ1) is 13.7. The van der Waals surface area contributed by atoms with Gasteiger partial charge in [0.25, 0.3) is 0 Å². The molecule has 7 heteroatoms. The van der Waals surface area contributed by atoms with E-state index in [1.165, 1.54) is 30.2 Å². The van der Waals surface area contributed by atoms with Crippen LogP contribution in [0.3, 0.4) is 0 Å². The van der Waals surface area contributed by atoms with Crippen LogP contribution in [0.2, 0.25) is 0 Å². The number of hydrogen-bond donors (Lipinski definition) is 1. The van der Waals surface area contributed by atoms with Gasteiger partial charge in [0.2, 0.25) is 5.95 Å². The number of hydrogen-bond acceptors (Lipinski definition) is 7. The van der Waals surface area contributed by atoms with Crippen molar-refractivity contribution >= 4 is 35.5 Å². The van der Waals surface area contributed by atoms with Gasteiger partial charge in [0.05, 0.1) is 0 Å². The van der Waals surface area contributed by atoms with Crippen molar-refractivity contribution in [1.82, 2.24) is 14.9 Å². The molecule has 0 amide bonds. The molecule has 3 fully saturated rings. The molecule has 2 aliphatic heterocycles. The molecule has 2 bridgehead atoms. The quantitative estimate of drug-likeness (QED) is 0.713. The summed E-state index contributed by atoms with van der Waals surface area (Å²) in [6.07, 6.45) is 13.9. The highest BCUT2D eigenvalue weighted by Gasteiger charge is 2.40. The van der Waals surface area contributed by atoms with Crippen molar-refractivity contribution < 1.29 is 4.79 Å². The van der Waals surface area contributed by atoms with E-state index < -0.39 is 0 Å². The summed E-state index contributed by atoms with van der Waals surface area (Å²) in [5, 5.41) is 0.371. The molecular formula is C21H32N4OS2. The topological polar surface area (TPSA) is 49.3 Å². The smallest absolute Gasteiger partial charge is 0.225 e. The molecule has 28 heavy (non-hydrogen) atoms. The van der Waals surface area contributed by atoms with Crippen LogP contribution in [0.4, 0.5) is 5.95 Å². The third-order valence-electron chi connectivity index (χ3n) is 6.80. The van der Waals surface area contributed by atoms with Crippen LogP contribution in [0.15, 0.2) is 12.4 Å². The van der Waals surface area contributed by atoms with E-state index >= 15 is 0 Å². The van der Waals surface area contributed by atoms with Gasteiger partial charge in [-0.25, -0.2) is 9.97 Å². The predicted octanol–water partition coefficient (Wildman–Crippen LogP) is 3.30. The zero-order chi connectivity index (χ0) is 19.5. The SMILES string of the molecule is CSC(=O)C1CCC(Cc2cnc(N3C4CCC3CN(CCS)C4)nc2)CC1. The fourth-order valence-corrected chi connectivity index (χ4v) is 6.18. The molecule has 1 aromatic heterocycles. The Labute approximate surface area is 178 Å². The molecule has 0 N–H and O–H groups in total. The normalized spacial score (nSPS) is 30.6. The lowest BCUT2D eigenvalue weighted by Crippen LogP contribution is -2.54. The van der Waals surface area contributed by atoms with Crippen molar-refractivity contribution in [2.45, 2.75) is 57.0 Å². The fourth-order valence-electron chi connectivity index (χ4n) is 5.33. The largest absolute Gasteiger partial charge is 0.332 e. The van der Waals surface area contributed by atoms with Crippen LogP contribution in [0.25, 0.3) is 0 Å². The van der Waals surface area contributed by atoms with E-state index in [9.17, 15) is 4.79 Å². The molecule has 4 rings (SSSR count). The minimum Gasteiger partial charge on any atom is -0.332 e. The Balaban J connectivity index is 1.32. The number of thiol groups is 1. The van der Waals surface area contributed by atoms with Gasteiger partial charge in [-0.1, -0.05) is 11.8 Å². The Morgan fingerprint density at radius 2 is 1.75 bits per heavy atom. The Morgan fingerprint density at radius 1 is 1.11 bits per heavy atom. The van der Waals surface area contributed by atoms with Gasteiger partial charge >= 0.3 is 0 Å².